The molecule has 2 aliphatic rings. The van der Waals surface area contributed by atoms with Gasteiger partial charge in [0.05, 0.1) is 11.4 Å². The van der Waals surface area contributed by atoms with Gasteiger partial charge in [-0.3, -0.25) is 4.99 Å². The van der Waals surface area contributed by atoms with Crippen molar-refractivity contribution in [2.75, 3.05) is 6.67 Å². The minimum Gasteiger partial charge on any atom is -0.302 e. The molecule has 0 bridgehead atoms. The zero-order valence-electron chi connectivity index (χ0n) is 25.9. The number of halogens is 2. The molecule has 48 heavy (non-hydrogen) atoms. The lowest BCUT2D eigenvalue weighted by molar-refractivity contribution is 0.329. The van der Waals surface area contributed by atoms with Crippen LogP contribution in [0.3, 0.4) is 0 Å². The second-order valence-electron chi connectivity index (χ2n) is 11.8. The average Bonchev–Trinajstić information content (AvgIpc) is 3.75. The minimum absolute atomic E-state index is 0.367. The van der Waals surface area contributed by atoms with E-state index in [1.54, 1.807) is 0 Å². The molecule has 0 aliphatic carbocycles. The fourth-order valence-electron chi connectivity index (χ4n) is 7.13. The topological polar surface area (TPSA) is 40.3 Å². The molecule has 6 heteroatoms. The smallest absolute Gasteiger partial charge is 0.225 e. The Hall–Kier alpha value is -4.91. The molecular weight excluding hydrogens is 720 g/mol. The fourth-order valence-corrected chi connectivity index (χ4v) is 8.28. The number of rotatable bonds is 6. The molecule has 2 atom stereocenters. The fraction of sp³-hybridized carbons (Fsp3) is 0.0714. The highest BCUT2D eigenvalue weighted by atomic mass is 79.9. The molecule has 6 aromatic rings. The van der Waals surface area contributed by atoms with Crippen molar-refractivity contribution in [3.63, 3.8) is 0 Å². The monoisotopic (exact) mass is 748 g/mol. The first-order valence-corrected chi connectivity index (χ1v) is 17.5. The van der Waals surface area contributed by atoms with Gasteiger partial charge in [-0.15, -0.1) is 0 Å². The first-order chi connectivity index (χ1) is 23.6. The van der Waals surface area contributed by atoms with Crippen molar-refractivity contribution in [1.82, 2.24) is 4.90 Å². The number of hydrogen-bond donors (Lipinski definition) is 0. The summed E-state index contributed by atoms with van der Waals surface area (Å²) in [6.45, 7) is 0.367. The zero-order chi connectivity index (χ0) is 32.6. The number of benzene rings is 6. The molecule has 4 nitrogen and oxygen atoms in total. The van der Waals surface area contributed by atoms with Gasteiger partial charge < -0.3 is 4.90 Å². The Morgan fingerprint density at radius 1 is 0.479 bits per heavy atom. The Labute approximate surface area is 297 Å². The molecule has 0 fully saturated rings. The summed E-state index contributed by atoms with van der Waals surface area (Å²) in [6, 6.07) is 58.8. The molecule has 0 amide bonds. The van der Waals surface area contributed by atoms with Crippen molar-refractivity contribution >= 4 is 49.2 Å². The predicted molar refractivity (Wildman–Crippen MR) is 203 cm³/mol. The summed E-state index contributed by atoms with van der Waals surface area (Å²) in [4.78, 5) is 19.0. The summed E-state index contributed by atoms with van der Waals surface area (Å²) in [5.74, 6) is 0.614. The highest BCUT2D eigenvalue weighted by Crippen LogP contribution is 2.49. The van der Waals surface area contributed by atoms with Gasteiger partial charge in [0.2, 0.25) is 5.96 Å². The maximum absolute atomic E-state index is 5.79. The van der Waals surface area contributed by atoms with E-state index in [0.29, 0.717) is 12.6 Å². The van der Waals surface area contributed by atoms with Crippen LogP contribution in [0.5, 0.6) is 0 Å². The van der Waals surface area contributed by atoms with Crippen LogP contribution in [0, 0.1) is 0 Å². The van der Waals surface area contributed by atoms with Gasteiger partial charge in [0.25, 0.3) is 0 Å². The van der Waals surface area contributed by atoms with Gasteiger partial charge in [-0.1, -0.05) is 190 Å². The predicted octanol–water partition coefficient (Wildman–Crippen LogP) is 10.0. The Kier molecular flexibility index (Phi) is 7.99. The lowest BCUT2D eigenvalue weighted by atomic mass is 9.76. The van der Waals surface area contributed by atoms with E-state index in [1.807, 2.05) is 24.3 Å². The van der Waals surface area contributed by atoms with E-state index in [4.69, 9.17) is 15.0 Å². The maximum atomic E-state index is 5.79. The van der Waals surface area contributed by atoms with Crippen molar-refractivity contribution in [1.29, 1.82) is 0 Å². The highest BCUT2D eigenvalue weighted by molar-refractivity contribution is 9.10. The number of aliphatic imine (C=N–C) groups is 3. The van der Waals surface area contributed by atoms with Crippen LogP contribution in [-0.2, 0) is 11.1 Å². The summed E-state index contributed by atoms with van der Waals surface area (Å²) in [6.07, 6.45) is 0. The first-order valence-electron chi connectivity index (χ1n) is 15.9. The zero-order valence-corrected chi connectivity index (χ0v) is 29.1. The maximum Gasteiger partial charge on any atom is 0.225 e. The Morgan fingerprint density at radius 3 is 1.50 bits per heavy atom. The number of hydrogen-bond acceptors (Lipinski definition) is 4. The van der Waals surface area contributed by atoms with Gasteiger partial charge in [0.1, 0.15) is 12.2 Å². The van der Waals surface area contributed by atoms with Crippen LogP contribution in [0.4, 0.5) is 0 Å². The average molecular weight is 751 g/mol. The SMILES string of the molecule is Brc1ccccc1C1(c2ccccc2)N=C(N2CN=C(c3ccccc3)C2(c2ccccc2)c2ccccc2Br)N=C1c1ccccc1. The van der Waals surface area contributed by atoms with E-state index < -0.39 is 11.1 Å². The van der Waals surface area contributed by atoms with Gasteiger partial charge in [-0.05, 0) is 34.4 Å². The third kappa shape index (κ3) is 4.82. The van der Waals surface area contributed by atoms with E-state index in [0.717, 1.165) is 53.7 Å². The van der Waals surface area contributed by atoms with E-state index >= 15 is 0 Å². The van der Waals surface area contributed by atoms with Crippen LogP contribution in [0.25, 0.3) is 0 Å². The van der Waals surface area contributed by atoms with E-state index in [1.165, 1.54) is 0 Å². The van der Waals surface area contributed by atoms with Crippen LogP contribution in [-0.4, -0.2) is 29.0 Å². The Bertz CT molecular complexity index is 2180. The van der Waals surface area contributed by atoms with Gasteiger partial charge in [0, 0.05) is 20.1 Å². The second kappa shape index (κ2) is 12.6. The molecular formula is C42H30Br2N4. The molecule has 2 aliphatic heterocycles. The van der Waals surface area contributed by atoms with Crippen LogP contribution < -0.4 is 0 Å². The standard InChI is InChI=1S/C42H30Br2N4/c43-36-27-15-13-25-34(36)41(32-21-9-3-10-22-32)38(30-17-5-1-6-18-30)46-40(47-41)48-29-45-39(31-19-7-2-8-20-31)42(48,33-23-11-4-12-24-33)35-26-14-16-28-37(35)44/h1-28H,29H2. The molecule has 2 heterocycles. The molecule has 0 spiro atoms. The Morgan fingerprint density at radius 2 is 0.938 bits per heavy atom. The van der Waals surface area contributed by atoms with Crippen LogP contribution >= 0.6 is 31.9 Å². The summed E-state index contributed by atoms with van der Waals surface area (Å²) < 4.78 is 1.95. The highest BCUT2D eigenvalue weighted by Gasteiger charge is 2.54. The molecule has 232 valence electrons. The van der Waals surface area contributed by atoms with Crippen molar-refractivity contribution in [3.8, 4) is 0 Å². The van der Waals surface area contributed by atoms with E-state index in [2.05, 4.69) is 182 Å². The van der Waals surface area contributed by atoms with E-state index in [9.17, 15) is 0 Å². The molecule has 6 aromatic carbocycles. The van der Waals surface area contributed by atoms with E-state index in [-0.39, 0.29) is 0 Å². The number of nitrogens with zero attached hydrogens (tertiary/aromatic N) is 4. The Balaban J connectivity index is 1.47. The lowest BCUT2D eigenvalue weighted by Crippen LogP contribution is -2.51. The van der Waals surface area contributed by atoms with Gasteiger partial charge in [0.15, 0.2) is 5.54 Å². The molecule has 2 unspecified atom stereocenters. The second-order valence-corrected chi connectivity index (χ2v) is 13.5. The quantitative estimate of drug-likeness (QED) is 0.167. The summed E-state index contributed by atoms with van der Waals surface area (Å²) in [7, 11) is 0. The third-order valence-electron chi connectivity index (χ3n) is 9.19. The van der Waals surface area contributed by atoms with Gasteiger partial charge >= 0.3 is 0 Å². The van der Waals surface area contributed by atoms with Crippen molar-refractivity contribution < 1.29 is 0 Å². The lowest BCUT2D eigenvalue weighted by Gasteiger charge is -2.41. The molecule has 0 saturated carbocycles. The normalized spacial score (nSPS) is 20.3. The molecule has 8 rings (SSSR count). The van der Waals surface area contributed by atoms with Crippen molar-refractivity contribution in [2.24, 2.45) is 15.0 Å². The van der Waals surface area contributed by atoms with Crippen molar-refractivity contribution in [2.45, 2.75) is 11.1 Å². The summed E-state index contributed by atoms with van der Waals surface area (Å²) >= 11 is 7.89. The van der Waals surface area contributed by atoms with Crippen LogP contribution in [0.1, 0.15) is 33.4 Å². The summed E-state index contributed by atoms with van der Waals surface area (Å²) in [5.41, 5.74) is 6.25. The molecule has 0 N–H and O–H groups in total. The van der Waals surface area contributed by atoms with Gasteiger partial charge in [-0.25, -0.2) is 9.98 Å². The first kappa shape index (κ1) is 30.4. The molecule has 0 aromatic heterocycles. The van der Waals surface area contributed by atoms with Gasteiger partial charge in [-0.2, -0.15) is 0 Å². The molecule has 0 saturated heterocycles. The minimum atomic E-state index is -0.941. The number of guanidine groups is 1. The third-order valence-corrected chi connectivity index (χ3v) is 10.6. The van der Waals surface area contributed by atoms with Crippen LogP contribution in [0.2, 0.25) is 0 Å². The van der Waals surface area contributed by atoms with Crippen molar-refractivity contribution in [3.05, 3.63) is 212 Å². The largest absolute Gasteiger partial charge is 0.302 e. The van der Waals surface area contributed by atoms with Crippen LogP contribution in [0.15, 0.2) is 194 Å². The summed E-state index contributed by atoms with van der Waals surface area (Å²) in [5, 5.41) is 0. The molecule has 0 radical (unpaired) electrons.